The van der Waals surface area contributed by atoms with Gasteiger partial charge in [0.25, 0.3) is 0 Å². The predicted molar refractivity (Wildman–Crippen MR) is 206 cm³/mol. The first-order valence-corrected chi connectivity index (χ1v) is 16.8. The van der Waals surface area contributed by atoms with E-state index in [-0.39, 0.29) is 0 Å². The molecule has 0 fully saturated rings. The van der Waals surface area contributed by atoms with Crippen LogP contribution in [-0.4, -0.2) is 19.5 Å². The molecule has 0 amide bonds. The molecule has 0 bridgehead atoms. The number of hydrogen-bond acceptors (Lipinski definition) is 4. The second-order valence-corrected chi connectivity index (χ2v) is 12.4. The van der Waals surface area contributed by atoms with E-state index in [1.165, 1.54) is 21.9 Å². The largest absolute Gasteiger partial charge is 0.309 e. The Bertz CT molecular complexity index is 2710. The summed E-state index contributed by atoms with van der Waals surface area (Å²) in [5.41, 5.74) is 11.2. The number of aromatic nitrogens is 4. The average molecular weight is 652 g/mol. The van der Waals surface area contributed by atoms with Crippen molar-refractivity contribution in [2.45, 2.75) is 0 Å². The van der Waals surface area contributed by atoms with Gasteiger partial charge in [0.2, 0.25) is 0 Å². The number of fused-ring (bicyclic) bond motifs is 3. The van der Waals surface area contributed by atoms with Crippen LogP contribution in [0.25, 0.3) is 83.9 Å². The highest BCUT2D eigenvalue weighted by molar-refractivity contribution is 6.10. The summed E-state index contributed by atoms with van der Waals surface area (Å²) in [4.78, 5) is 14.8. The lowest BCUT2D eigenvalue weighted by Crippen LogP contribution is -2.00. The van der Waals surface area contributed by atoms with Gasteiger partial charge in [0.05, 0.1) is 22.7 Å². The molecule has 51 heavy (non-hydrogen) atoms. The zero-order valence-corrected chi connectivity index (χ0v) is 27.5. The Morgan fingerprint density at radius 2 is 0.804 bits per heavy atom. The maximum atomic E-state index is 9.37. The Labute approximate surface area is 295 Å². The van der Waals surface area contributed by atoms with Crippen molar-refractivity contribution in [3.63, 3.8) is 0 Å². The van der Waals surface area contributed by atoms with E-state index in [1.807, 2.05) is 36.4 Å². The molecule has 2 aromatic heterocycles. The van der Waals surface area contributed by atoms with Crippen molar-refractivity contribution in [2.24, 2.45) is 0 Å². The highest BCUT2D eigenvalue weighted by atomic mass is 15.0. The van der Waals surface area contributed by atoms with Gasteiger partial charge in [-0.15, -0.1) is 0 Å². The summed E-state index contributed by atoms with van der Waals surface area (Å²) in [6.45, 7) is 0. The van der Waals surface area contributed by atoms with E-state index in [0.29, 0.717) is 23.0 Å². The molecule has 0 unspecified atom stereocenters. The van der Waals surface area contributed by atoms with Crippen LogP contribution in [-0.2, 0) is 0 Å². The zero-order chi connectivity index (χ0) is 34.1. The van der Waals surface area contributed by atoms with Crippen molar-refractivity contribution in [2.75, 3.05) is 0 Å². The fourth-order valence-corrected chi connectivity index (χ4v) is 6.72. The van der Waals surface area contributed by atoms with Gasteiger partial charge < -0.3 is 4.57 Å². The first kappa shape index (κ1) is 29.9. The third kappa shape index (κ3) is 5.61. The Balaban J connectivity index is 1.15. The average Bonchev–Trinajstić information content (AvgIpc) is 3.55. The number of para-hydroxylation sites is 1. The molecular formula is C46H29N5. The minimum Gasteiger partial charge on any atom is -0.309 e. The van der Waals surface area contributed by atoms with E-state index < -0.39 is 0 Å². The van der Waals surface area contributed by atoms with Crippen molar-refractivity contribution in [1.82, 2.24) is 19.5 Å². The Morgan fingerprint density at radius 1 is 0.373 bits per heavy atom. The number of nitriles is 1. The third-order valence-corrected chi connectivity index (χ3v) is 9.32. The van der Waals surface area contributed by atoms with Crippen LogP contribution < -0.4 is 0 Å². The summed E-state index contributed by atoms with van der Waals surface area (Å²) >= 11 is 0. The van der Waals surface area contributed by atoms with E-state index in [9.17, 15) is 5.26 Å². The smallest absolute Gasteiger partial charge is 0.164 e. The molecule has 0 N–H and O–H groups in total. The number of hydrogen-bond donors (Lipinski definition) is 0. The van der Waals surface area contributed by atoms with Crippen LogP contribution in [0.15, 0.2) is 176 Å². The molecule has 2 heterocycles. The van der Waals surface area contributed by atoms with Gasteiger partial charge in [0, 0.05) is 33.2 Å². The van der Waals surface area contributed by atoms with Gasteiger partial charge in [-0.25, -0.2) is 15.0 Å². The van der Waals surface area contributed by atoms with Gasteiger partial charge in [-0.1, -0.05) is 115 Å². The van der Waals surface area contributed by atoms with E-state index in [4.69, 9.17) is 15.0 Å². The van der Waals surface area contributed by atoms with Crippen molar-refractivity contribution in [3.05, 3.63) is 181 Å². The Kier molecular flexibility index (Phi) is 7.46. The highest BCUT2D eigenvalue weighted by Gasteiger charge is 2.16. The van der Waals surface area contributed by atoms with Gasteiger partial charge in [-0.3, -0.25) is 0 Å². The van der Waals surface area contributed by atoms with Crippen molar-refractivity contribution >= 4 is 21.8 Å². The van der Waals surface area contributed by atoms with E-state index in [2.05, 4.69) is 138 Å². The summed E-state index contributed by atoms with van der Waals surface area (Å²) in [5, 5.41) is 11.8. The Hall–Kier alpha value is -7.16. The van der Waals surface area contributed by atoms with Gasteiger partial charge in [-0.05, 0) is 82.9 Å². The first-order chi connectivity index (χ1) is 25.2. The van der Waals surface area contributed by atoms with Crippen LogP contribution in [0, 0.1) is 11.3 Å². The third-order valence-electron chi connectivity index (χ3n) is 9.32. The molecule has 9 rings (SSSR count). The molecule has 9 aromatic rings. The molecule has 0 spiro atoms. The molecule has 238 valence electrons. The van der Waals surface area contributed by atoms with Crippen molar-refractivity contribution < 1.29 is 0 Å². The fraction of sp³-hybridized carbons (Fsp3) is 0. The topological polar surface area (TPSA) is 67.4 Å². The van der Waals surface area contributed by atoms with Gasteiger partial charge in [-0.2, -0.15) is 5.26 Å². The zero-order valence-electron chi connectivity index (χ0n) is 27.5. The normalized spacial score (nSPS) is 11.1. The standard InChI is InChI=1S/C46H29N5/c47-30-31-15-17-35(18-16-31)44-48-45(36-21-19-34(20-22-36)32-9-3-1-4-10-32)50-46(49-44)37-23-26-39(27-24-37)51-42-14-8-7-13-40(42)41-28-25-38(29-43(41)51)33-11-5-2-6-12-33/h1-29H. The second kappa shape index (κ2) is 12.7. The quantitative estimate of drug-likeness (QED) is 0.179. The van der Waals surface area contributed by atoms with E-state index in [0.717, 1.165) is 44.5 Å². The van der Waals surface area contributed by atoms with Crippen molar-refractivity contribution in [3.8, 4) is 68.2 Å². The molecule has 0 radical (unpaired) electrons. The van der Waals surface area contributed by atoms with Crippen LogP contribution >= 0.6 is 0 Å². The van der Waals surface area contributed by atoms with Crippen LogP contribution in [0.3, 0.4) is 0 Å². The lowest BCUT2D eigenvalue weighted by Gasteiger charge is -2.11. The lowest BCUT2D eigenvalue weighted by molar-refractivity contribution is 1.07. The Morgan fingerprint density at radius 3 is 1.39 bits per heavy atom. The number of rotatable bonds is 6. The predicted octanol–water partition coefficient (Wildman–Crippen LogP) is 11.2. The van der Waals surface area contributed by atoms with Gasteiger partial charge in [0.1, 0.15) is 0 Å². The second-order valence-electron chi connectivity index (χ2n) is 12.4. The summed E-state index contributed by atoms with van der Waals surface area (Å²) in [6.07, 6.45) is 0. The maximum Gasteiger partial charge on any atom is 0.164 e. The highest BCUT2D eigenvalue weighted by Crippen LogP contribution is 2.35. The molecule has 0 aliphatic rings. The van der Waals surface area contributed by atoms with Crippen LogP contribution in [0.1, 0.15) is 5.56 Å². The molecule has 0 atom stereocenters. The number of nitrogens with zero attached hydrogens (tertiary/aromatic N) is 5. The maximum absolute atomic E-state index is 9.37. The summed E-state index contributed by atoms with van der Waals surface area (Å²) in [7, 11) is 0. The molecule has 7 aromatic carbocycles. The molecule has 0 aliphatic heterocycles. The minimum absolute atomic E-state index is 0.548. The molecular weight excluding hydrogens is 623 g/mol. The number of benzene rings is 7. The monoisotopic (exact) mass is 651 g/mol. The molecule has 0 saturated heterocycles. The first-order valence-electron chi connectivity index (χ1n) is 16.8. The molecule has 5 heteroatoms. The van der Waals surface area contributed by atoms with Gasteiger partial charge >= 0.3 is 0 Å². The van der Waals surface area contributed by atoms with E-state index in [1.54, 1.807) is 12.1 Å². The minimum atomic E-state index is 0.548. The van der Waals surface area contributed by atoms with Gasteiger partial charge in [0.15, 0.2) is 17.5 Å². The summed E-state index contributed by atoms with van der Waals surface area (Å²) < 4.78 is 2.33. The molecule has 0 aliphatic carbocycles. The lowest BCUT2D eigenvalue weighted by atomic mass is 10.0. The fourth-order valence-electron chi connectivity index (χ4n) is 6.72. The molecule has 0 saturated carbocycles. The SMILES string of the molecule is N#Cc1ccc(-c2nc(-c3ccc(-c4ccccc4)cc3)nc(-c3ccc(-n4c5ccccc5c5ccc(-c6ccccc6)cc54)cc3)n2)cc1. The van der Waals surface area contributed by atoms with Crippen LogP contribution in [0.2, 0.25) is 0 Å². The van der Waals surface area contributed by atoms with Crippen LogP contribution in [0.5, 0.6) is 0 Å². The van der Waals surface area contributed by atoms with Crippen LogP contribution in [0.4, 0.5) is 0 Å². The van der Waals surface area contributed by atoms with E-state index >= 15 is 0 Å². The molecule has 5 nitrogen and oxygen atoms in total. The van der Waals surface area contributed by atoms with Crippen molar-refractivity contribution in [1.29, 1.82) is 5.26 Å². The summed E-state index contributed by atoms with van der Waals surface area (Å²) in [5.74, 6) is 1.71. The summed E-state index contributed by atoms with van der Waals surface area (Å²) in [6, 6.07) is 62.3.